The monoisotopic (exact) mass is 476 g/mol. The van der Waals surface area contributed by atoms with Gasteiger partial charge in [-0.2, -0.15) is 0 Å². The van der Waals surface area contributed by atoms with Crippen LogP contribution in [-0.2, 0) is 4.79 Å². The fourth-order valence-corrected chi connectivity index (χ4v) is 5.02. The Morgan fingerprint density at radius 2 is 2.14 bits per heavy atom. The van der Waals surface area contributed by atoms with Gasteiger partial charge in [0.1, 0.15) is 18.9 Å². The first-order valence-electron chi connectivity index (χ1n) is 12.2. The number of likely N-dealkylation sites (tertiary alicyclic amines) is 1. The molecule has 1 aromatic carbocycles. The second-order valence-electron chi connectivity index (χ2n) is 9.23. The molecule has 184 valence electrons. The SMILES string of the molecule is COc1nc(-c2cccc3c2OCCO3)ccc1NC1=CC(CN2CCCC(C(N)=O)C2)CC=C1. The predicted octanol–water partition coefficient (Wildman–Crippen LogP) is 3.60. The van der Waals surface area contributed by atoms with Gasteiger partial charge in [-0.3, -0.25) is 4.79 Å². The molecule has 1 amide bonds. The molecule has 0 bridgehead atoms. The van der Waals surface area contributed by atoms with Crippen molar-refractivity contribution in [2.75, 3.05) is 45.3 Å². The number of hydrogen-bond acceptors (Lipinski definition) is 7. The van der Waals surface area contributed by atoms with Crippen molar-refractivity contribution < 1.29 is 19.0 Å². The van der Waals surface area contributed by atoms with Gasteiger partial charge in [-0.05, 0) is 62.1 Å². The smallest absolute Gasteiger partial charge is 0.238 e. The summed E-state index contributed by atoms with van der Waals surface area (Å²) in [4.78, 5) is 18.7. The summed E-state index contributed by atoms with van der Waals surface area (Å²) in [5.41, 5.74) is 8.98. The van der Waals surface area contributed by atoms with Gasteiger partial charge in [-0.25, -0.2) is 4.98 Å². The van der Waals surface area contributed by atoms with Crippen LogP contribution in [0.3, 0.4) is 0 Å². The predicted molar refractivity (Wildman–Crippen MR) is 135 cm³/mol. The summed E-state index contributed by atoms with van der Waals surface area (Å²) < 4.78 is 17.2. The summed E-state index contributed by atoms with van der Waals surface area (Å²) in [6, 6.07) is 9.75. The summed E-state index contributed by atoms with van der Waals surface area (Å²) in [7, 11) is 1.62. The molecule has 3 aliphatic rings. The number of rotatable bonds is 7. The van der Waals surface area contributed by atoms with E-state index in [4.69, 9.17) is 24.9 Å². The van der Waals surface area contributed by atoms with Crippen LogP contribution in [0.1, 0.15) is 19.3 Å². The average molecular weight is 477 g/mol. The van der Waals surface area contributed by atoms with E-state index in [1.54, 1.807) is 7.11 Å². The van der Waals surface area contributed by atoms with E-state index in [-0.39, 0.29) is 11.8 Å². The zero-order chi connectivity index (χ0) is 24.2. The van der Waals surface area contributed by atoms with Gasteiger partial charge in [0.2, 0.25) is 11.8 Å². The van der Waals surface area contributed by atoms with E-state index < -0.39 is 0 Å². The van der Waals surface area contributed by atoms with Crippen molar-refractivity contribution in [3.63, 3.8) is 0 Å². The lowest BCUT2D eigenvalue weighted by Gasteiger charge is -2.33. The van der Waals surface area contributed by atoms with Crippen molar-refractivity contribution >= 4 is 11.6 Å². The number of nitrogens with two attached hydrogens (primary N) is 1. The molecule has 2 unspecified atom stereocenters. The van der Waals surface area contributed by atoms with E-state index in [2.05, 4.69) is 28.4 Å². The lowest BCUT2D eigenvalue weighted by atomic mass is 9.94. The molecule has 2 aromatic rings. The lowest BCUT2D eigenvalue weighted by molar-refractivity contribution is -0.123. The maximum atomic E-state index is 11.6. The van der Waals surface area contributed by atoms with Crippen molar-refractivity contribution in [2.24, 2.45) is 17.6 Å². The molecule has 2 aliphatic heterocycles. The van der Waals surface area contributed by atoms with Crippen LogP contribution in [0.4, 0.5) is 5.69 Å². The quantitative estimate of drug-likeness (QED) is 0.630. The average Bonchev–Trinajstić information content (AvgIpc) is 2.89. The fraction of sp³-hybridized carbons (Fsp3) is 0.407. The topological polar surface area (TPSA) is 98.9 Å². The van der Waals surface area contributed by atoms with Crippen molar-refractivity contribution in [1.29, 1.82) is 0 Å². The molecule has 3 N–H and O–H groups in total. The van der Waals surface area contributed by atoms with E-state index in [9.17, 15) is 4.79 Å². The number of para-hydroxylation sites is 1. The fourth-order valence-electron chi connectivity index (χ4n) is 5.02. The maximum absolute atomic E-state index is 11.6. The molecule has 3 heterocycles. The third kappa shape index (κ3) is 5.27. The van der Waals surface area contributed by atoms with Crippen molar-refractivity contribution in [3.8, 4) is 28.6 Å². The highest BCUT2D eigenvalue weighted by Gasteiger charge is 2.26. The minimum Gasteiger partial charge on any atom is -0.486 e. The van der Waals surface area contributed by atoms with Gasteiger partial charge in [0.05, 0.1) is 18.7 Å². The number of aromatic nitrogens is 1. The molecule has 0 radical (unpaired) electrons. The Labute approximate surface area is 205 Å². The lowest BCUT2D eigenvalue weighted by Crippen LogP contribution is -2.43. The minimum absolute atomic E-state index is 0.0366. The minimum atomic E-state index is -0.186. The number of anilines is 1. The molecule has 5 rings (SSSR count). The second-order valence-corrected chi connectivity index (χ2v) is 9.23. The number of ether oxygens (including phenoxy) is 3. The molecule has 1 aromatic heterocycles. The molecule has 0 spiro atoms. The molecule has 35 heavy (non-hydrogen) atoms. The number of amides is 1. The molecule has 1 aliphatic carbocycles. The number of nitrogens with zero attached hydrogens (tertiary/aromatic N) is 2. The van der Waals surface area contributed by atoms with Crippen molar-refractivity contribution in [3.05, 3.63) is 54.3 Å². The van der Waals surface area contributed by atoms with Gasteiger partial charge >= 0.3 is 0 Å². The highest BCUT2D eigenvalue weighted by atomic mass is 16.6. The largest absolute Gasteiger partial charge is 0.486 e. The molecular formula is C27H32N4O4. The number of piperidine rings is 1. The van der Waals surface area contributed by atoms with Gasteiger partial charge in [-0.15, -0.1) is 0 Å². The van der Waals surface area contributed by atoms with E-state index in [0.717, 1.165) is 67.3 Å². The number of carbonyl (C=O) groups is 1. The van der Waals surface area contributed by atoms with Crippen LogP contribution >= 0.6 is 0 Å². The van der Waals surface area contributed by atoms with Gasteiger partial charge in [0, 0.05) is 24.4 Å². The Kier molecular flexibility index (Phi) is 6.90. The third-order valence-corrected chi connectivity index (χ3v) is 6.73. The van der Waals surface area contributed by atoms with Crippen LogP contribution in [0.2, 0.25) is 0 Å². The number of hydrogen-bond donors (Lipinski definition) is 2. The van der Waals surface area contributed by atoms with Crippen LogP contribution in [0.5, 0.6) is 17.4 Å². The van der Waals surface area contributed by atoms with Crippen molar-refractivity contribution in [2.45, 2.75) is 19.3 Å². The summed E-state index contributed by atoms with van der Waals surface area (Å²) in [5.74, 6) is 2.09. The van der Waals surface area contributed by atoms with Crippen molar-refractivity contribution in [1.82, 2.24) is 9.88 Å². The Hall–Kier alpha value is -3.52. The van der Waals surface area contributed by atoms with Crippen LogP contribution in [-0.4, -0.2) is 55.7 Å². The number of primary amides is 1. The highest BCUT2D eigenvalue weighted by Crippen LogP contribution is 2.40. The van der Waals surface area contributed by atoms with Crippen LogP contribution < -0.4 is 25.3 Å². The maximum Gasteiger partial charge on any atom is 0.238 e. The number of allylic oxidation sites excluding steroid dienone is 2. The van der Waals surface area contributed by atoms with Gasteiger partial charge in [0.15, 0.2) is 11.5 Å². The first kappa shape index (κ1) is 23.2. The standard InChI is InChI=1S/C27H32N4O4/c1-33-27-23(11-10-22(30-27)21-8-3-9-24-25(21)35-14-13-34-24)29-20-7-2-5-18(15-20)16-31-12-4-6-19(17-31)26(28)32/h2-3,7-11,15,18-19,29H,4-6,12-14,16-17H2,1H3,(H2,28,32). The summed E-state index contributed by atoms with van der Waals surface area (Å²) in [6.45, 7) is 3.74. The third-order valence-electron chi connectivity index (χ3n) is 6.73. The molecule has 2 atom stereocenters. The van der Waals surface area contributed by atoms with Gasteiger partial charge in [0.25, 0.3) is 0 Å². The zero-order valence-electron chi connectivity index (χ0n) is 20.0. The number of pyridine rings is 1. The van der Waals surface area contributed by atoms with Crippen LogP contribution in [0, 0.1) is 11.8 Å². The molecule has 0 saturated carbocycles. The molecule has 1 fully saturated rings. The molecular weight excluding hydrogens is 444 g/mol. The molecule has 8 heteroatoms. The number of methoxy groups -OCH3 is 1. The normalized spacial score (nSPS) is 21.8. The Balaban J connectivity index is 1.30. The molecule has 1 saturated heterocycles. The summed E-state index contributed by atoms with van der Waals surface area (Å²) in [5, 5.41) is 3.47. The Morgan fingerprint density at radius 1 is 1.26 bits per heavy atom. The van der Waals surface area contributed by atoms with Crippen LogP contribution in [0.25, 0.3) is 11.3 Å². The Morgan fingerprint density at radius 3 is 3.00 bits per heavy atom. The summed E-state index contributed by atoms with van der Waals surface area (Å²) >= 11 is 0. The van der Waals surface area contributed by atoms with Gasteiger partial charge in [-0.1, -0.05) is 18.2 Å². The second kappa shape index (κ2) is 10.4. The van der Waals surface area contributed by atoms with E-state index >= 15 is 0 Å². The number of carbonyl (C=O) groups excluding carboxylic acids is 1. The number of nitrogens with one attached hydrogen (secondary N) is 1. The Bertz CT molecular complexity index is 1150. The van der Waals surface area contributed by atoms with Crippen LogP contribution in [0.15, 0.2) is 54.3 Å². The van der Waals surface area contributed by atoms with E-state index in [1.165, 1.54) is 0 Å². The number of fused-ring (bicyclic) bond motifs is 1. The molecule has 8 nitrogen and oxygen atoms in total. The van der Waals surface area contributed by atoms with Gasteiger partial charge < -0.3 is 30.2 Å². The highest BCUT2D eigenvalue weighted by molar-refractivity contribution is 5.77. The van der Waals surface area contributed by atoms with E-state index in [0.29, 0.717) is 30.8 Å². The first-order chi connectivity index (χ1) is 17.1. The van der Waals surface area contributed by atoms with E-state index in [1.807, 2.05) is 30.3 Å². The first-order valence-corrected chi connectivity index (χ1v) is 12.2. The summed E-state index contributed by atoms with van der Waals surface area (Å²) in [6.07, 6.45) is 9.41. The zero-order valence-corrected chi connectivity index (χ0v) is 20.0. The number of benzene rings is 1.